The highest BCUT2D eigenvalue weighted by Gasteiger charge is 2.25. The molecule has 0 N–H and O–H groups in total. The second-order valence-electron chi connectivity index (χ2n) is 6.19. The summed E-state index contributed by atoms with van der Waals surface area (Å²) in [5, 5.41) is 0. The summed E-state index contributed by atoms with van der Waals surface area (Å²) in [5.41, 5.74) is 3.54. The Morgan fingerprint density at radius 2 is 0.680 bits per heavy atom. The Hall–Kier alpha value is -2.94. The van der Waals surface area contributed by atoms with Crippen LogP contribution in [0, 0.1) is 0 Å². The van der Waals surface area contributed by atoms with Crippen molar-refractivity contribution in [2.75, 3.05) is 35.8 Å². The minimum Gasteiger partial charge on any atom is -0.337 e. The average Bonchev–Trinajstić information content (AvgIpc) is 2.70. The van der Waals surface area contributed by atoms with Crippen LogP contribution in [0.25, 0.3) is 0 Å². The molecule has 0 saturated carbocycles. The summed E-state index contributed by atoms with van der Waals surface area (Å²) in [5.74, 6) is 0. The number of benzene rings is 3. The summed E-state index contributed by atoms with van der Waals surface area (Å²) in [4.78, 5) is 6.88. The molecule has 0 aliphatic rings. The van der Waals surface area contributed by atoms with Gasteiger partial charge in [0.25, 0.3) is 0 Å². The van der Waals surface area contributed by atoms with E-state index in [1.165, 1.54) is 17.1 Å². The summed E-state index contributed by atoms with van der Waals surface area (Å²) in [7, 11) is 6.41. The third-order valence-electron chi connectivity index (χ3n) is 4.53. The summed E-state index contributed by atoms with van der Waals surface area (Å²) in [6.45, 7) is 0. The van der Waals surface area contributed by atoms with Gasteiger partial charge >= 0.3 is 0 Å². The van der Waals surface area contributed by atoms with E-state index in [2.05, 4.69) is 109 Å². The van der Waals surface area contributed by atoms with Crippen LogP contribution in [0.2, 0.25) is 0 Å². The molecule has 0 unspecified atom stereocenters. The summed E-state index contributed by atoms with van der Waals surface area (Å²) in [6.07, 6.45) is 0.0344. The molecule has 0 bridgehead atoms. The SMILES string of the molecule is CN(c1ccccc1)C(N(C)c1ccccc1)N(C)c1ccccc1. The highest BCUT2D eigenvalue weighted by atomic mass is 15.5. The van der Waals surface area contributed by atoms with Gasteiger partial charge in [0.1, 0.15) is 0 Å². The van der Waals surface area contributed by atoms with E-state index in [-0.39, 0.29) is 6.29 Å². The highest BCUT2D eigenvalue weighted by Crippen LogP contribution is 2.26. The molecule has 0 atom stereocenters. The van der Waals surface area contributed by atoms with E-state index < -0.39 is 0 Å². The molecule has 0 amide bonds. The van der Waals surface area contributed by atoms with Crippen LogP contribution in [0.15, 0.2) is 91.0 Å². The summed E-state index contributed by atoms with van der Waals surface area (Å²) in [6, 6.07) is 31.5. The van der Waals surface area contributed by atoms with E-state index in [0.29, 0.717) is 0 Å². The standard InChI is InChI=1S/C22H25N3/c1-23(19-13-7-4-8-14-19)22(24(2)20-15-9-5-10-16-20)25(3)21-17-11-6-12-18-21/h4-18,22H,1-3H3. The summed E-state index contributed by atoms with van der Waals surface area (Å²) < 4.78 is 0. The fraction of sp³-hybridized carbons (Fsp3) is 0.182. The largest absolute Gasteiger partial charge is 0.337 e. The number of rotatable bonds is 6. The van der Waals surface area contributed by atoms with Crippen molar-refractivity contribution in [2.45, 2.75) is 6.29 Å². The Balaban J connectivity index is 1.99. The van der Waals surface area contributed by atoms with Crippen LogP contribution < -0.4 is 14.7 Å². The molecule has 3 aromatic carbocycles. The van der Waals surface area contributed by atoms with Crippen LogP contribution in [0.5, 0.6) is 0 Å². The highest BCUT2D eigenvalue weighted by molar-refractivity contribution is 5.58. The van der Waals surface area contributed by atoms with Crippen LogP contribution in [0.3, 0.4) is 0 Å². The Morgan fingerprint density at radius 1 is 0.440 bits per heavy atom. The lowest BCUT2D eigenvalue weighted by atomic mass is 10.2. The van der Waals surface area contributed by atoms with Gasteiger partial charge in [-0.05, 0) is 36.4 Å². The van der Waals surface area contributed by atoms with Crippen LogP contribution in [-0.4, -0.2) is 27.4 Å². The Kier molecular flexibility index (Phi) is 5.24. The van der Waals surface area contributed by atoms with Gasteiger partial charge in [-0.2, -0.15) is 0 Å². The third-order valence-corrected chi connectivity index (χ3v) is 4.53. The summed E-state index contributed by atoms with van der Waals surface area (Å²) >= 11 is 0. The fourth-order valence-electron chi connectivity index (χ4n) is 3.17. The maximum Gasteiger partial charge on any atom is 0.180 e. The second kappa shape index (κ2) is 7.75. The lowest BCUT2D eigenvalue weighted by Crippen LogP contribution is -2.55. The van der Waals surface area contributed by atoms with E-state index in [9.17, 15) is 0 Å². The van der Waals surface area contributed by atoms with Crippen molar-refractivity contribution in [2.24, 2.45) is 0 Å². The molecule has 3 heteroatoms. The zero-order valence-electron chi connectivity index (χ0n) is 15.1. The third kappa shape index (κ3) is 3.77. The molecule has 3 rings (SSSR count). The van der Waals surface area contributed by atoms with Crippen LogP contribution in [0.1, 0.15) is 0 Å². The van der Waals surface area contributed by atoms with E-state index in [0.717, 1.165) is 0 Å². The first kappa shape index (κ1) is 16.9. The molecular formula is C22H25N3. The van der Waals surface area contributed by atoms with Gasteiger partial charge < -0.3 is 14.7 Å². The number of hydrogen-bond acceptors (Lipinski definition) is 3. The Morgan fingerprint density at radius 3 is 0.920 bits per heavy atom. The molecule has 0 fully saturated rings. The maximum absolute atomic E-state index is 2.29. The first-order chi connectivity index (χ1) is 12.2. The zero-order valence-corrected chi connectivity index (χ0v) is 15.1. The quantitative estimate of drug-likeness (QED) is 0.607. The van der Waals surface area contributed by atoms with Crippen molar-refractivity contribution in [3.05, 3.63) is 91.0 Å². The topological polar surface area (TPSA) is 9.72 Å². The fourth-order valence-corrected chi connectivity index (χ4v) is 3.17. The molecular weight excluding hydrogens is 306 g/mol. The van der Waals surface area contributed by atoms with Gasteiger partial charge in [-0.1, -0.05) is 54.6 Å². The average molecular weight is 331 g/mol. The van der Waals surface area contributed by atoms with Crippen LogP contribution in [0.4, 0.5) is 17.1 Å². The maximum atomic E-state index is 2.29. The van der Waals surface area contributed by atoms with Gasteiger partial charge in [0, 0.05) is 38.2 Å². The number of nitrogens with zero attached hydrogens (tertiary/aromatic N) is 3. The number of hydrogen-bond donors (Lipinski definition) is 0. The number of para-hydroxylation sites is 3. The van der Waals surface area contributed by atoms with E-state index in [1.54, 1.807) is 0 Å². The smallest absolute Gasteiger partial charge is 0.180 e. The minimum atomic E-state index is 0.0344. The molecule has 25 heavy (non-hydrogen) atoms. The van der Waals surface area contributed by atoms with Gasteiger partial charge in [0.05, 0.1) is 0 Å². The second-order valence-corrected chi connectivity index (χ2v) is 6.19. The first-order valence-electron chi connectivity index (χ1n) is 8.52. The van der Waals surface area contributed by atoms with E-state index in [1.807, 2.05) is 18.2 Å². The first-order valence-corrected chi connectivity index (χ1v) is 8.52. The van der Waals surface area contributed by atoms with Crippen molar-refractivity contribution in [3.8, 4) is 0 Å². The molecule has 0 aliphatic carbocycles. The van der Waals surface area contributed by atoms with Crippen molar-refractivity contribution in [3.63, 3.8) is 0 Å². The normalized spacial score (nSPS) is 10.6. The van der Waals surface area contributed by atoms with Crippen molar-refractivity contribution in [1.82, 2.24) is 0 Å². The van der Waals surface area contributed by atoms with E-state index in [4.69, 9.17) is 0 Å². The van der Waals surface area contributed by atoms with Gasteiger partial charge in [-0.25, -0.2) is 0 Å². The molecule has 3 nitrogen and oxygen atoms in total. The van der Waals surface area contributed by atoms with Gasteiger partial charge in [0.2, 0.25) is 0 Å². The van der Waals surface area contributed by atoms with Crippen LogP contribution >= 0.6 is 0 Å². The molecule has 128 valence electrons. The van der Waals surface area contributed by atoms with Gasteiger partial charge in [-0.15, -0.1) is 0 Å². The zero-order chi connectivity index (χ0) is 17.6. The van der Waals surface area contributed by atoms with Crippen LogP contribution in [-0.2, 0) is 0 Å². The van der Waals surface area contributed by atoms with E-state index >= 15 is 0 Å². The number of anilines is 3. The molecule has 0 aliphatic heterocycles. The van der Waals surface area contributed by atoms with Gasteiger partial charge in [0.15, 0.2) is 6.29 Å². The predicted octanol–water partition coefficient (Wildman–Crippen LogP) is 4.68. The monoisotopic (exact) mass is 331 g/mol. The van der Waals surface area contributed by atoms with Crippen molar-refractivity contribution < 1.29 is 0 Å². The minimum absolute atomic E-state index is 0.0344. The Bertz CT molecular complexity index is 651. The molecule has 0 aromatic heterocycles. The molecule has 0 spiro atoms. The predicted molar refractivity (Wildman–Crippen MR) is 108 cm³/mol. The Labute approximate surface area is 150 Å². The molecule has 0 heterocycles. The lowest BCUT2D eigenvalue weighted by Gasteiger charge is -2.44. The van der Waals surface area contributed by atoms with Gasteiger partial charge in [-0.3, -0.25) is 0 Å². The molecule has 3 aromatic rings. The van der Waals surface area contributed by atoms with Crippen molar-refractivity contribution >= 4 is 17.1 Å². The van der Waals surface area contributed by atoms with Crippen molar-refractivity contribution in [1.29, 1.82) is 0 Å². The molecule has 0 radical (unpaired) electrons. The lowest BCUT2D eigenvalue weighted by molar-refractivity contribution is 0.604. The molecule has 0 saturated heterocycles.